The number of carbonyl (C=O) groups is 2. The zero-order valence-corrected chi connectivity index (χ0v) is 38.5. The number of benzene rings is 4. The first-order valence-electron chi connectivity index (χ1n) is 23.5. The smallest absolute Gasteiger partial charge is 0.416 e. The molecule has 6 atom stereocenters. The molecular weight excluding hydrogens is 889 g/mol. The maximum atomic E-state index is 15.1. The number of hydrogen-bond acceptors (Lipinski definition) is 14. The summed E-state index contributed by atoms with van der Waals surface area (Å²) in [4.78, 5) is 46.9. The second kappa shape index (κ2) is 22.4. The first kappa shape index (κ1) is 48.5. The summed E-state index contributed by atoms with van der Waals surface area (Å²) in [6.07, 6.45) is 6.50. The lowest BCUT2D eigenvalue weighted by atomic mass is 9.55. The van der Waals surface area contributed by atoms with E-state index in [9.17, 15) is 25.1 Å². The molecule has 69 heavy (non-hydrogen) atoms. The fourth-order valence-corrected chi connectivity index (χ4v) is 10.1. The average molecular weight is 947 g/mol. The van der Waals surface area contributed by atoms with Gasteiger partial charge in [0.1, 0.15) is 29.9 Å². The molecule has 2 aliphatic carbocycles. The lowest BCUT2D eigenvalue weighted by Crippen LogP contribution is -2.70. The Balaban J connectivity index is 1.29. The molecule has 0 saturated heterocycles. The molecular formula is C52H58N4O13. The average Bonchev–Trinajstić information content (AvgIpc) is 3.84. The van der Waals surface area contributed by atoms with Crippen LogP contribution >= 0.6 is 0 Å². The van der Waals surface area contributed by atoms with Gasteiger partial charge in [0.25, 0.3) is 5.69 Å². The van der Waals surface area contributed by atoms with Gasteiger partial charge in [-0.05, 0) is 104 Å². The number of nitrogens with one attached hydrogen (secondary N) is 1. The Morgan fingerprint density at radius 2 is 1.65 bits per heavy atom. The summed E-state index contributed by atoms with van der Waals surface area (Å²) in [5.74, 6) is -1.05. The molecule has 8 rings (SSSR count). The topological polar surface area (TPSA) is 210 Å². The zero-order chi connectivity index (χ0) is 48.3. The van der Waals surface area contributed by atoms with Crippen LogP contribution in [0, 0.1) is 27.9 Å². The summed E-state index contributed by atoms with van der Waals surface area (Å²) in [5, 5.41) is 39.1. The Morgan fingerprint density at radius 1 is 0.913 bits per heavy atom. The predicted octanol–water partition coefficient (Wildman–Crippen LogP) is 8.97. The van der Waals surface area contributed by atoms with E-state index in [1.807, 2.05) is 49.4 Å². The van der Waals surface area contributed by atoms with E-state index in [4.69, 9.17) is 38.4 Å². The van der Waals surface area contributed by atoms with Crippen molar-refractivity contribution in [1.29, 1.82) is 0 Å². The predicted molar refractivity (Wildman–Crippen MR) is 253 cm³/mol. The number of aliphatic hydroxyl groups excluding tert-OH is 2. The van der Waals surface area contributed by atoms with E-state index in [1.54, 1.807) is 30.3 Å². The van der Waals surface area contributed by atoms with Gasteiger partial charge in [-0.2, -0.15) is 0 Å². The van der Waals surface area contributed by atoms with Gasteiger partial charge in [0.2, 0.25) is 12.6 Å². The van der Waals surface area contributed by atoms with E-state index < -0.39 is 40.8 Å². The third-order valence-corrected chi connectivity index (χ3v) is 13.1. The van der Waals surface area contributed by atoms with Crippen molar-refractivity contribution in [3.05, 3.63) is 142 Å². The molecule has 3 N–H and O–H groups in total. The molecule has 364 valence electrons. The van der Waals surface area contributed by atoms with Crippen molar-refractivity contribution >= 4 is 23.6 Å². The summed E-state index contributed by atoms with van der Waals surface area (Å²) in [7, 11) is 0. The third-order valence-electron chi connectivity index (χ3n) is 13.1. The summed E-state index contributed by atoms with van der Waals surface area (Å²) < 4.78 is 37.8. The van der Waals surface area contributed by atoms with Crippen LogP contribution in [0.15, 0.2) is 120 Å². The molecule has 1 saturated carbocycles. The number of oxime groups is 1. The lowest BCUT2D eigenvalue weighted by Gasteiger charge is -2.59. The number of nitro benzene ring substituents is 1. The number of nitrogens with zero attached hydrogens (tertiary/aromatic N) is 3. The molecule has 0 aromatic heterocycles. The van der Waals surface area contributed by atoms with Crippen molar-refractivity contribution in [2.24, 2.45) is 22.9 Å². The fourth-order valence-electron chi connectivity index (χ4n) is 10.1. The molecule has 1 fully saturated rings. The maximum absolute atomic E-state index is 15.1. The van der Waals surface area contributed by atoms with Crippen molar-refractivity contribution in [2.45, 2.75) is 82.7 Å². The van der Waals surface area contributed by atoms with Crippen LogP contribution in [-0.2, 0) is 22.7 Å². The van der Waals surface area contributed by atoms with E-state index in [1.165, 1.54) is 29.2 Å². The number of carbonyl (C=O) groups excluding carboxylic acids is 2. The van der Waals surface area contributed by atoms with Crippen molar-refractivity contribution in [2.75, 3.05) is 33.2 Å². The van der Waals surface area contributed by atoms with Crippen LogP contribution in [0.4, 0.5) is 15.3 Å². The number of fused-ring (bicyclic) bond motifs is 3. The highest BCUT2D eigenvalue weighted by molar-refractivity contribution is 6.03. The highest BCUT2D eigenvalue weighted by atomic mass is 16.7. The van der Waals surface area contributed by atoms with Gasteiger partial charge in [-0.25, -0.2) is 9.59 Å². The number of rotatable bonds is 21. The van der Waals surface area contributed by atoms with Crippen molar-refractivity contribution in [1.82, 2.24) is 10.2 Å². The van der Waals surface area contributed by atoms with Crippen LogP contribution in [0.25, 0.3) is 0 Å². The van der Waals surface area contributed by atoms with E-state index in [0.29, 0.717) is 54.2 Å². The van der Waals surface area contributed by atoms with E-state index in [-0.39, 0.29) is 81.8 Å². The molecule has 17 heteroatoms. The summed E-state index contributed by atoms with van der Waals surface area (Å²) in [6, 6.07) is 24.4. The van der Waals surface area contributed by atoms with Crippen LogP contribution in [-0.4, -0.2) is 83.0 Å². The Hall–Kier alpha value is -6.95. The number of unbranched alkanes of at least 4 members (excludes halogenated alkanes) is 2. The molecule has 0 unspecified atom stereocenters. The molecule has 2 heterocycles. The number of ether oxygens (including phenoxy) is 6. The van der Waals surface area contributed by atoms with E-state index in [2.05, 4.69) is 18.0 Å². The van der Waals surface area contributed by atoms with Gasteiger partial charge in [-0.15, -0.1) is 6.58 Å². The van der Waals surface area contributed by atoms with Crippen molar-refractivity contribution in [3.8, 4) is 28.7 Å². The second-order valence-corrected chi connectivity index (χ2v) is 17.4. The van der Waals surface area contributed by atoms with Crippen LogP contribution in [0.1, 0.15) is 74.5 Å². The molecule has 4 aromatic carbocycles. The lowest BCUT2D eigenvalue weighted by molar-refractivity contribution is -0.384. The van der Waals surface area contributed by atoms with E-state index >= 15 is 4.79 Å². The van der Waals surface area contributed by atoms with Gasteiger partial charge in [-0.3, -0.25) is 15.0 Å². The Bertz CT molecular complexity index is 2520. The SMILES string of the molecule is C=CCO[C@@]12Oc3ccc(OC(=O)NCc4ccccc4)cc3[C@H]3[C@H](CCCCO)[C@@H](CCCCO)C=C(C(=NOCC)C[C@@H]1N(Cc1ccc4c(c1)OCO4)C(=O)Oc1ccc([N+](=O)[O-])cc1)[C@H]32. The molecule has 4 aromatic rings. The number of non-ortho nitro benzene ring substituents is 1. The number of aliphatic hydroxyl groups is 2. The van der Waals surface area contributed by atoms with E-state index in [0.717, 1.165) is 29.5 Å². The van der Waals surface area contributed by atoms with Crippen LogP contribution < -0.4 is 29.0 Å². The standard InChI is InChI=1S/C52H58N4O13/c1-3-26-65-52-47(55(32-35-16-22-45-46(27-35)64-33-63-45)51(60)68-38-19-17-37(18-20-38)56(61)62)30-43(54-66-4-2)41-28-36(14-8-10-24-57)40(15-9-11-25-58)48(49(41)52)42-29-39(21-23-44(42)69-52)67-50(59)53-31-34-12-6-5-7-13-34/h3,5-7,12-13,16-23,27-29,36,40,47-49,57-58H,1,4,8-11,14-15,24-26,30-33H2,2H3,(H,53,59)/t36-,40+,47-,48+,49+,52+/m0/s1. The molecule has 0 bridgehead atoms. The number of amides is 2. The van der Waals surface area contributed by atoms with Crippen LogP contribution in [0.2, 0.25) is 0 Å². The Morgan fingerprint density at radius 3 is 2.39 bits per heavy atom. The molecule has 4 aliphatic rings. The number of allylic oxidation sites excluding steroid dienone is 1. The summed E-state index contributed by atoms with van der Waals surface area (Å²) in [5.41, 5.74) is 3.53. The maximum Gasteiger partial charge on any atom is 0.416 e. The largest absolute Gasteiger partial charge is 0.459 e. The first-order chi connectivity index (χ1) is 33.7. The number of hydrogen-bond donors (Lipinski definition) is 3. The monoisotopic (exact) mass is 946 g/mol. The Labute approximate surface area is 400 Å². The number of nitro groups is 1. The van der Waals surface area contributed by atoms with Gasteiger partial charge in [-0.1, -0.05) is 66.5 Å². The van der Waals surface area contributed by atoms with Gasteiger partial charge in [0.15, 0.2) is 11.5 Å². The minimum absolute atomic E-state index is 0.00736. The second-order valence-electron chi connectivity index (χ2n) is 17.4. The quantitative estimate of drug-likeness (QED) is 0.0309. The zero-order valence-electron chi connectivity index (χ0n) is 38.5. The molecule has 2 amide bonds. The van der Waals surface area contributed by atoms with Crippen LogP contribution in [0.5, 0.6) is 28.7 Å². The van der Waals surface area contributed by atoms with Gasteiger partial charge >= 0.3 is 12.2 Å². The first-order valence-corrected chi connectivity index (χ1v) is 23.5. The highest BCUT2D eigenvalue weighted by Crippen LogP contribution is 2.62. The van der Waals surface area contributed by atoms with Crippen LogP contribution in [0.3, 0.4) is 0 Å². The van der Waals surface area contributed by atoms with Crippen molar-refractivity contribution in [3.63, 3.8) is 0 Å². The summed E-state index contributed by atoms with van der Waals surface area (Å²) in [6.45, 7) is 6.42. The highest BCUT2D eigenvalue weighted by Gasteiger charge is 2.66. The minimum atomic E-state index is -1.66. The normalized spacial score (nSPS) is 22.3. The molecule has 0 spiro atoms. The Kier molecular flexibility index (Phi) is 15.8. The third kappa shape index (κ3) is 10.9. The van der Waals surface area contributed by atoms with Gasteiger partial charge in [0.05, 0.1) is 23.2 Å². The van der Waals surface area contributed by atoms with Gasteiger partial charge < -0.3 is 48.8 Å². The summed E-state index contributed by atoms with van der Waals surface area (Å²) >= 11 is 0. The molecule has 2 aliphatic heterocycles. The van der Waals surface area contributed by atoms with Crippen molar-refractivity contribution < 1.29 is 58.0 Å². The van der Waals surface area contributed by atoms with Gasteiger partial charge in [0, 0.05) is 56.3 Å². The molecule has 0 radical (unpaired) electrons. The fraction of sp³-hybridized carbons (Fsp3) is 0.404. The minimum Gasteiger partial charge on any atom is -0.459 e. The molecule has 17 nitrogen and oxygen atoms in total.